The van der Waals surface area contributed by atoms with E-state index in [1.165, 1.54) is 12.8 Å². The molecular formula is C15H20ClN3O2. The summed E-state index contributed by atoms with van der Waals surface area (Å²) in [6.45, 7) is 1.84. The highest BCUT2D eigenvalue weighted by Crippen LogP contribution is 2.41. The molecule has 1 aromatic carbocycles. The lowest BCUT2D eigenvalue weighted by molar-refractivity contribution is -0.384. The molecule has 5 nitrogen and oxygen atoms in total. The van der Waals surface area contributed by atoms with E-state index in [0.717, 1.165) is 32.4 Å². The van der Waals surface area contributed by atoms with Gasteiger partial charge in [-0.2, -0.15) is 0 Å². The second kappa shape index (κ2) is 6.20. The molecule has 1 heterocycles. The number of benzene rings is 1. The van der Waals surface area contributed by atoms with Crippen molar-refractivity contribution in [3.63, 3.8) is 0 Å². The largest absolute Gasteiger partial charge is 0.360 e. The van der Waals surface area contributed by atoms with Gasteiger partial charge in [0, 0.05) is 24.7 Å². The van der Waals surface area contributed by atoms with Crippen LogP contribution in [0.15, 0.2) is 18.2 Å². The number of nitrogens with zero attached hydrogens (tertiary/aromatic N) is 2. The van der Waals surface area contributed by atoms with Crippen molar-refractivity contribution in [2.75, 3.05) is 18.0 Å². The van der Waals surface area contributed by atoms with Gasteiger partial charge in [0.1, 0.15) is 5.69 Å². The fourth-order valence-corrected chi connectivity index (χ4v) is 3.34. The zero-order valence-corrected chi connectivity index (χ0v) is 12.7. The van der Waals surface area contributed by atoms with Crippen molar-refractivity contribution in [1.82, 2.24) is 5.32 Å². The number of hydrogen-bond acceptors (Lipinski definition) is 4. The van der Waals surface area contributed by atoms with E-state index >= 15 is 0 Å². The molecule has 3 rings (SSSR count). The average molecular weight is 310 g/mol. The summed E-state index contributed by atoms with van der Waals surface area (Å²) in [5.41, 5.74) is 0.712. The molecule has 2 aliphatic rings. The molecule has 1 unspecified atom stereocenters. The van der Waals surface area contributed by atoms with Crippen molar-refractivity contribution >= 4 is 23.0 Å². The summed E-state index contributed by atoms with van der Waals surface area (Å²) in [6, 6.07) is 5.73. The van der Waals surface area contributed by atoms with Crippen molar-refractivity contribution in [3.05, 3.63) is 33.3 Å². The van der Waals surface area contributed by atoms with Crippen LogP contribution in [0.4, 0.5) is 11.4 Å². The number of piperidine rings is 1. The predicted molar refractivity (Wildman–Crippen MR) is 84.1 cm³/mol. The van der Waals surface area contributed by atoms with Gasteiger partial charge in [0.25, 0.3) is 5.69 Å². The Bertz CT molecular complexity index is 528. The summed E-state index contributed by atoms with van der Waals surface area (Å²) in [4.78, 5) is 13.1. The Labute approximate surface area is 129 Å². The number of nitrogens with one attached hydrogen (secondary N) is 1. The van der Waals surface area contributed by atoms with Crippen LogP contribution in [-0.4, -0.2) is 30.1 Å². The SMILES string of the molecule is O=[N+]([O-])c1cccc(Cl)c1N(CC1CCCCN1)C1CC1. The summed E-state index contributed by atoms with van der Waals surface area (Å²) in [6.07, 6.45) is 5.75. The first-order valence-electron chi connectivity index (χ1n) is 7.60. The lowest BCUT2D eigenvalue weighted by Crippen LogP contribution is -2.44. The molecule has 1 N–H and O–H groups in total. The van der Waals surface area contributed by atoms with E-state index in [0.29, 0.717) is 22.8 Å². The highest BCUT2D eigenvalue weighted by Gasteiger charge is 2.35. The van der Waals surface area contributed by atoms with Crippen LogP contribution in [0.1, 0.15) is 32.1 Å². The van der Waals surface area contributed by atoms with Crippen molar-refractivity contribution in [2.45, 2.75) is 44.2 Å². The van der Waals surface area contributed by atoms with Crippen LogP contribution in [-0.2, 0) is 0 Å². The van der Waals surface area contributed by atoms with Crippen LogP contribution < -0.4 is 10.2 Å². The first-order valence-corrected chi connectivity index (χ1v) is 7.97. The van der Waals surface area contributed by atoms with E-state index in [-0.39, 0.29) is 10.6 Å². The van der Waals surface area contributed by atoms with Crippen molar-refractivity contribution in [2.24, 2.45) is 0 Å². The Morgan fingerprint density at radius 1 is 1.33 bits per heavy atom. The minimum atomic E-state index is -0.328. The summed E-state index contributed by atoms with van der Waals surface area (Å²) in [7, 11) is 0. The molecular weight excluding hydrogens is 290 g/mol. The highest BCUT2D eigenvalue weighted by molar-refractivity contribution is 6.33. The van der Waals surface area contributed by atoms with Gasteiger partial charge in [0.05, 0.1) is 9.95 Å². The molecule has 1 aliphatic carbocycles. The van der Waals surface area contributed by atoms with Gasteiger partial charge in [-0.25, -0.2) is 0 Å². The Hall–Kier alpha value is -1.33. The normalized spacial score (nSPS) is 22.0. The first-order chi connectivity index (χ1) is 10.2. The molecule has 1 aromatic rings. The van der Waals surface area contributed by atoms with Crippen LogP contribution in [0.25, 0.3) is 0 Å². The molecule has 114 valence electrons. The molecule has 1 aliphatic heterocycles. The van der Waals surface area contributed by atoms with Gasteiger partial charge < -0.3 is 10.2 Å². The fraction of sp³-hybridized carbons (Fsp3) is 0.600. The average Bonchev–Trinajstić information content (AvgIpc) is 3.30. The van der Waals surface area contributed by atoms with Gasteiger partial charge >= 0.3 is 0 Å². The molecule has 0 aromatic heterocycles. The Morgan fingerprint density at radius 2 is 2.14 bits per heavy atom. The summed E-state index contributed by atoms with van der Waals surface area (Å²) >= 11 is 6.29. The molecule has 1 saturated carbocycles. The third kappa shape index (κ3) is 3.30. The van der Waals surface area contributed by atoms with Gasteiger partial charge in [-0.15, -0.1) is 0 Å². The third-order valence-corrected chi connectivity index (χ3v) is 4.57. The molecule has 0 amide bonds. The summed E-state index contributed by atoms with van der Waals surface area (Å²) in [5, 5.41) is 15.3. The van der Waals surface area contributed by atoms with Crippen LogP contribution in [0.2, 0.25) is 5.02 Å². The zero-order chi connectivity index (χ0) is 14.8. The number of para-hydroxylation sites is 1. The number of halogens is 1. The van der Waals surface area contributed by atoms with Gasteiger partial charge in [0.15, 0.2) is 0 Å². The van der Waals surface area contributed by atoms with E-state index < -0.39 is 0 Å². The third-order valence-electron chi connectivity index (χ3n) is 4.27. The van der Waals surface area contributed by atoms with Crippen LogP contribution in [0.3, 0.4) is 0 Å². The van der Waals surface area contributed by atoms with Crippen molar-refractivity contribution < 1.29 is 4.92 Å². The molecule has 0 bridgehead atoms. The molecule has 0 spiro atoms. The van der Waals surface area contributed by atoms with Crippen LogP contribution >= 0.6 is 11.6 Å². The van der Waals surface area contributed by atoms with Gasteiger partial charge in [-0.1, -0.05) is 24.1 Å². The van der Waals surface area contributed by atoms with E-state index in [2.05, 4.69) is 10.2 Å². The van der Waals surface area contributed by atoms with Gasteiger partial charge in [-0.05, 0) is 38.3 Å². The van der Waals surface area contributed by atoms with Crippen molar-refractivity contribution in [3.8, 4) is 0 Å². The number of rotatable bonds is 5. The van der Waals surface area contributed by atoms with E-state index in [1.807, 2.05) is 0 Å². The molecule has 1 atom stereocenters. The lowest BCUT2D eigenvalue weighted by atomic mass is 10.0. The Morgan fingerprint density at radius 3 is 2.76 bits per heavy atom. The van der Waals surface area contributed by atoms with E-state index in [1.54, 1.807) is 18.2 Å². The predicted octanol–water partition coefficient (Wildman–Crippen LogP) is 3.36. The maximum Gasteiger partial charge on any atom is 0.294 e. The van der Waals surface area contributed by atoms with Gasteiger partial charge in [0.2, 0.25) is 0 Å². The van der Waals surface area contributed by atoms with Crippen LogP contribution in [0.5, 0.6) is 0 Å². The van der Waals surface area contributed by atoms with Crippen molar-refractivity contribution in [1.29, 1.82) is 0 Å². The number of nitro groups is 1. The number of nitro benzene ring substituents is 1. The quantitative estimate of drug-likeness (QED) is 0.669. The highest BCUT2D eigenvalue weighted by atomic mass is 35.5. The van der Waals surface area contributed by atoms with E-state index in [4.69, 9.17) is 11.6 Å². The lowest BCUT2D eigenvalue weighted by Gasteiger charge is -2.32. The molecule has 6 heteroatoms. The van der Waals surface area contributed by atoms with Gasteiger partial charge in [-0.3, -0.25) is 10.1 Å². The monoisotopic (exact) mass is 309 g/mol. The molecule has 2 fully saturated rings. The molecule has 21 heavy (non-hydrogen) atoms. The Kier molecular flexibility index (Phi) is 4.31. The number of hydrogen-bond donors (Lipinski definition) is 1. The second-order valence-electron chi connectivity index (χ2n) is 5.90. The van der Waals surface area contributed by atoms with Crippen LogP contribution in [0, 0.1) is 10.1 Å². The summed E-state index contributed by atoms with van der Waals surface area (Å²) in [5.74, 6) is 0. The smallest absolute Gasteiger partial charge is 0.294 e. The summed E-state index contributed by atoms with van der Waals surface area (Å²) < 4.78 is 0. The second-order valence-corrected chi connectivity index (χ2v) is 6.30. The standard InChI is InChI=1S/C15H20ClN3O2/c16-13-5-3-6-14(19(20)21)15(13)18(12-7-8-12)10-11-4-1-2-9-17-11/h3,5-6,11-12,17H,1-2,4,7-10H2. The maximum absolute atomic E-state index is 11.3. The Balaban J connectivity index is 1.88. The number of anilines is 1. The fourth-order valence-electron chi connectivity index (χ4n) is 3.06. The topological polar surface area (TPSA) is 58.4 Å². The van der Waals surface area contributed by atoms with E-state index in [9.17, 15) is 10.1 Å². The minimum absolute atomic E-state index is 0.116. The first kappa shape index (κ1) is 14.6. The maximum atomic E-state index is 11.3. The minimum Gasteiger partial charge on any atom is -0.360 e. The zero-order valence-electron chi connectivity index (χ0n) is 11.9. The molecule has 0 radical (unpaired) electrons. The molecule has 1 saturated heterocycles.